The Labute approximate surface area is 120 Å². The minimum absolute atomic E-state index is 0.0154. The molecule has 0 fully saturated rings. The maximum atomic E-state index is 11.7. The fourth-order valence-electron chi connectivity index (χ4n) is 1.91. The molecule has 2 aromatic heterocycles. The molecule has 0 bridgehead atoms. The van der Waals surface area contributed by atoms with E-state index in [4.69, 9.17) is 0 Å². The molecule has 108 valence electrons. The number of hydrogen-bond acceptors (Lipinski definition) is 6. The van der Waals surface area contributed by atoms with Gasteiger partial charge >= 0.3 is 5.65 Å². The van der Waals surface area contributed by atoms with Crippen LogP contribution in [0.5, 0.6) is 0 Å². The number of nitrogens with zero attached hydrogens (tertiary/aromatic N) is 5. The van der Waals surface area contributed by atoms with E-state index in [0.29, 0.717) is 6.54 Å². The first-order chi connectivity index (χ1) is 9.95. The minimum atomic E-state index is -3.67. The third-order valence-corrected chi connectivity index (χ3v) is 3.71. The predicted molar refractivity (Wildman–Crippen MR) is 72.9 cm³/mol. The first kappa shape index (κ1) is 13.4. The van der Waals surface area contributed by atoms with Gasteiger partial charge in [-0.3, -0.25) is 4.57 Å². The standard InChI is InChI=1S/C12H11N5O3S/c1-21(19,20)12-14-11-10(17(18)15-12)13-8-16(11)7-9-5-3-2-4-6-9/h2-6,8H,7H2,1H3. The fourth-order valence-corrected chi connectivity index (χ4v) is 2.38. The molecule has 2 heterocycles. The number of fused-ring (bicyclic) bond motifs is 1. The van der Waals surface area contributed by atoms with Crippen molar-refractivity contribution in [2.75, 3.05) is 6.26 Å². The van der Waals surface area contributed by atoms with Crippen molar-refractivity contribution < 1.29 is 13.3 Å². The van der Waals surface area contributed by atoms with Crippen LogP contribution in [-0.4, -0.2) is 34.3 Å². The van der Waals surface area contributed by atoms with Gasteiger partial charge in [-0.25, -0.2) is 8.42 Å². The molecule has 0 saturated heterocycles. The van der Waals surface area contributed by atoms with Crippen LogP contribution in [0.3, 0.4) is 0 Å². The number of aromatic nitrogens is 5. The van der Waals surface area contributed by atoms with Gasteiger partial charge in [0.2, 0.25) is 21.8 Å². The average Bonchev–Trinajstić information content (AvgIpc) is 2.83. The molecule has 21 heavy (non-hydrogen) atoms. The van der Waals surface area contributed by atoms with Crippen LogP contribution in [0, 0.1) is 5.21 Å². The van der Waals surface area contributed by atoms with Crippen LogP contribution < -0.4 is 4.85 Å². The van der Waals surface area contributed by atoms with E-state index in [2.05, 4.69) is 15.1 Å². The molecule has 3 rings (SSSR count). The number of sulfone groups is 1. The van der Waals surface area contributed by atoms with Crippen LogP contribution in [0.4, 0.5) is 0 Å². The Bertz CT molecular complexity index is 905. The Hall–Kier alpha value is -2.55. The van der Waals surface area contributed by atoms with Crippen molar-refractivity contribution in [3.05, 3.63) is 47.4 Å². The van der Waals surface area contributed by atoms with Gasteiger partial charge in [-0.1, -0.05) is 30.3 Å². The molecule has 0 atom stereocenters. The molecule has 0 amide bonds. The third kappa shape index (κ3) is 2.55. The van der Waals surface area contributed by atoms with Crippen molar-refractivity contribution >= 4 is 21.1 Å². The number of benzene rings is 1. The lowest BCUT2D eigenvalue weighted by atomic mass is 10.2. The monoisotopic (exact) mass is 305 g/mol. The van der Waals surface area contributed by atoms with Gasteiger partial charge in [0.1, 0.15) is 0 Å². The Morgan fingerprint density at radius 1 is 1.29 bits per heavy atom. The van der Waals surface area contributed by atoms with E-state index < -0.39 is 15.0 Å². The number of imidazole rings is 1. The summed E-state index contributed by atoms with van der Waals surface area (Å²) in [7, 11) is -3.67. The van der Waals surface area contributed by atoms with Crippen LogP contribution in [0.25, 0.3) is 11.3 Å². The summed E-state index contributed by atoms with van der Waals surface area (Å²) in [5.74, 6) is 0. The molecule has 0 spiro atoms. The van der Waals surface area contributed by atoms with Gasteiger partial charge in [0.25, 0.3) is 5.16 Å². The van der Waals surface area contributed by atoms with Crippen molar-refractivity contribution in [3.63, 3.8) is 0 Å². The van der Waals surface area contributed by atoms with Gasteiger partial charge in [0.15, 0.2) is 0 Å². The van der Waals surface area contributed by atoms with E-state index in [-0.39, 0.29) is 16.1 Å². The summed E-state index contributed by atoms with van der Waals surface area (Å²) in [5.41, 5.74) is 1.15. The second-order valence-corrected chi connectivity index (χ2v) is 6.45. The summed E-state index contributed by atoms with van der Waals surface area (Å²) in [6.07, 6.45) is 2.39. The van der Waals surface area contributed by atoms with Gasteiger partial charge in [-0.2, -0.15) is 4.98 Å². The zero-order valence-corrected chi connectivity index (χ0v) is 11.9. The predicted octanol–water partition coefficient (Wildman–Crippen LogP) is -0.0885. The summed E-state index contributed by atoms with van der Waals surface area (Å²) >= 11 is 0. The summed E-state index contributed by atoms with van der Waals surface area (Å²) in [6.45, 7) is 0.428. The highest BCUT2D eigenvalue weighted by atomic mass is 32.2. The van der Waals surface area contributed by atoms with Crippen LogP contribution in [-0.2, 0) is 16.4 Å². The normalized spacial score (nSPS) is 11.9. The van der Waals surface area contributed by atoms with E-state index in [0.717, 1.165) is 11.8 Å². The summed E-state index contributed by atoms with van der Waals surface area (Å²) in [4.78, 5) is 8.06. The first-order valence-corrected chi connectivity index (χ1v) is 7.91. The van der Waals surface area contributed by atoms with Gasteiger partial charge in [-0.05, 0) is 15.6 Å². The zero-order chi connectivity index (χ0) is 15.0. The van der Waals surface area contributed by atoms with Crippen LogP contribution in [0.1, 0.15) is 5.56 Å². The highest BCUT2D eigenvalue weighted by Crippen LogP contribution is 2.11. The van der Waals surface area contributed by atoms with E-state index in [1.54, 1.807) is 4.57 Å². The van der Waals surface area contributed by atoms with Crippen molar-refractivity contribution in [3.8, 4) is 0 Å². The van der Waals surface area contributed by atoms with E-state index in [1.165, 1.54) is 6.33 Å². The summed E-state index contributed by atoms with van der Waals surface area (Å²) < 4.78 is 24.6. The van der Waals surface area contributed by atoms with Crippen LogP contribution in [0.2, 0.25) is 0 Å². The Morgan fingerprint density at radius 2 is 2.00 bits per heavy atom. The Morgan fingerprint density at radius 3 is 2.67 bits per heavy atom. The minimum Gasteiger partial charge on any atom is -0.690 e. The molecule has 3 aromatic rings. The quantitative estimate of drug-likeness (QED) is 0.495. The smallest absolute Gasteiger partial charge is 0.392 e. The van der Waals surface area contributed by atoms with Crippen molar-refractivity contribution in [2.45, 2.75) is 11.7 Å². The molecule has 9 heteroatoms. The van der Waals surface area contributed by atoms with Gasteiger partial charge in [0, 0.05) is 6.26 Å². The average molecular weight is 305 g/mol. The third-order valence-electron chi connectivity index (χ3n) is 2.88. The summed E-state index contributed by atoms with van der Waals surface area (Å²) in [6, 6.07) is 9.49. The SMILES string of the molecule is CS(=O)(=O)c1nc2c(ncn2Cc2ccccc2)[n+]([O-])n1. The first-order valence-electron chi connectivity index (χ1n) is 6.02. The maximum Gasteiger partial charge on any atom is 0.392 e. The summed E-state index contributed by atoms with van der Waals surface area (Å²) in [5, 5.41) is 14.6. The highest BCUT2D eigenvalue weighted by molar-refractivity contribution is 7.90. The van der Waals surface area contributed by atoms with Crippen LogP contribution >= 0.6 is 0 Å². The molecule has 0 saturated carbocycles. The van der Waals surface area contributed by atoms with Crippen molar-refractivity contribution in [1.29, 1.82) is 0 Å². The topological polar surface area (TPSA) is 105 Å². The second kappa shape index (κ2) is 4.77. The number of hydrogen-bond donors (Lipinski definition) is 0. The Balaban J connectivity index is 2.14. The molecule has 0 aliphatic carbocycles. The molecule has 0 radical (unpaired) electrons. The zero-order valence-electron chi connectivity index (χ0n) is 11.0. The van der Waals surface area contributed by atoms with Crippen molar-refractivity contribution in [2.24, 2.45) is 0 Å². The van der Waals surface area contributed by atoms with Crippen LogP contribution in [0.15, 0.2) is 41.8 Å². The molecule has 0 aliphatic rings. The molecule has 1 aromatic carbocycles. The molecular formula is C12H11N5O3S. The lowest BCUT2D eigenvalue weighted by Gasteiger charge is -2.04. The Kier molecular flexibility index (Phi) is 3.05. The van der Waals surface area contributed by atoms with Gasteiger partial charge < -0.3 is 5.21 Å². The largest absolute Gasteiger partial charge is 0.690 e. The molecule has 0 unspecified atom stereocenters. The fraction of sp³-hybridized carbons (Fsp3) is 0.167. The molecule has 8 nitrogen and oxygen atoms in total. The molecular weight excluding hydrogens is 294 g/mol. The lowest BCUT2D eigenvalue weighted by molar-refractivity contribution is -0.649. The van der Waals surface area contributed by atoms with E-state index >= 15 is 0 Å². The highest BCUT2D eigenvalue weighted by Gasteiger charge is 2.21. The van der Waals surface area contributed by atoms with Crippen molar-refractivity contribution in [1.82, 2.24) is 19.6 Å². The maximum absolute atomic E-state index is 11.7. The van der Waals surface area contributed by atoms with E-state index in [1.807, 2.05) is 30.3 Å². The molecule has 0 aliphatic heterocycles. The van der Waals surface area contributed by atoms with E-state index in [9.17, 15) is 13.6 Å². The molecule has 0 N–H and O–H groups in total. The van der Waals surface area contributed by atoms with Gasteiger partial charge in [-0.15, -0.1) is 4.85 Å². The van der Waals surface area contributed by atoms with Gasteiger partial charge in [0.05, 0.1) is 6.54 Å². The second-order valence-electron chi connectivity index (χ2n) is 4.54. The lowest BCUT2D eigenvalue weighted by Crippen LogP contribution is -2.35. The number of rotatable bonds is 3.